The summed E-state index contributed by atoms with van der Waals surface area (Å²) >= 11 is 0. The maximum atomic E-state index is 12.7. The Hall–Kier alpha value is -1.88. The highest BCUT2D eigenvalue weighted by Gasteiger charge is 2.51. The van der Waals surface area contributed by atoms with Crippen LogP contribution in [-0.4, -0.2) is 47.6 Å². The van der Waals surface area contributed by atoms with Crippen LogP contribution in [0.2, 0.25) is 0 Å². The Morgan fingerprint density at radius 1 is 1.17 bits per heavy atom. The Labute approximate surface area is 144 Å². The molecule has 1 fully saturated rings. The van der Waals surface area contributed by atoms with Crippen molar-refractivity contribution >= 4 is 11.8 Å². The standard InChI is InChI=1S/C19H28N2O3/c1-3-12-21(13-4-2)17(23)16(14-22)20-18(24)19(10-11-19)15-8-6-5-7-9-15/h5-9,16,22H,3-4,10-14H2,1-2H3,(H,20,24)/t16-/m0/s1. The maximum Gasteiger partial charge on any atom is 0.247 e. The summed E-state index contributed by atoms with van der Waals surface area (Å²) in [6.45, 7) is 4.93. The van der Waals surface area contributed by atoms with Crippen molar-refractivity contribution in [2.75, 3.05) is 19.7 Å². The van der Waals surface area contributed by atoms with Gasteiger partial charge in [0.15, 0.2) is 0 Å². The second kappa shape index (κ2) is 8.29. The molecule has 0 unspecified atom stereocenters. The quantitative estimate of drug-likeness (QED) is 0.725. The van der Waals surface area contributed by atoms with E-state index in [0.29, 0.717) is 13.1 Å². The van der Waals surface area contributed by atoms with Gasteiger partial charge >= 0.3 is 0 Å². The maximum absolute atomic E-state index is 12.7. The van der Waals surface area contributed by atoms with E-state index in [-0.39, 0.29) is 18.4 Å². The minimum Gasteiger partial charge on any atom is -0.394 e. The summed E-state index contributed by atoms with van der Waals surface area (Å²) in [6.07, 6.45) is 3.27. The lowest BCUT2D eigenvalue weighted by Crippen LogP contribution is -2.53. The van der Waals surface area contributed by atoms with Crippen LogP contribution >= 0.6 is 0 Å². The number of amides is 2. The average molecular weight is 332 g/mol. The number of benzene rings is 1. The summed E-state index contributed by atoms with van der Waals surface area (Å²) in [5.41, 5.74) is 0.445. The summed E-state index contributed by atoms with van der Waals surface area (Å²) < 4.78 is 0. The van der Waals surface area contributed by atoms with E-state index in [1.165, 1.54) is 0 Å². The van der Waals surface area contributed by atoms with Crippen LogP contribution in [0.5, 0.6) is 0 Å². The lowest BCUT2D eigenvalue weighted by atomic mass is 9.94. The number of carbonyl (C=O) groups excluding carboxylic acids is 2. The van der Waals surface area contributed by atoms with E-state index in [1.54, 1.807) is 4.90 Å². The summed E-state index contributed by atoms with van der Waals surface area (Å²) in [6, 6.07) is 8.79. The summed E-state index contributed by atoms with van der Waals surface area (Å²) in [4.78, 5) is 27.1. The van der Waals surface area contributed by atoms with Gasteiger partial charge in [-0.3, -0.25) is 9.59 Å². The highest BCUT2D eigenvalue weighted by Crippen LogP contribution is 2.48. The van der Waals surface area contributed by atoms with E-state index < -0.39 is 11.5 Å². The van der Waals surface area contributed by atoms with Crippen molar-refractivity contribution in [3.05, 3.63) is 35.9 Å². The van der Waals surface area contributed by atoms with Gasteiger partial charge in [0, 0.05) is 13.1 Å². The molecule has 0 heterocycles. The van der Waals surface area contributed by atoms with Gasteiger partial charge in [-0.15, -0.1) is 0 Å². The molecule has 0 radical (unpaired) electrons. The van der Waals surface area contributed by atoms with Crippen LogP contribution in [0.1, 0.15) is 45.1 Å². The fourth-order valence-corrected chi connectivity index (χ4v) is 3.10. The van der Waals surface area contributed by atoms with Gasteiger partial charge in [-0.2, -0.15) is 0 Å². The third-order valence-corrected chi connectivity index (χ3v) is 4.60. The predicted molar refractivity (Wildman–Crippen MR) is 93.5 cm³/mol. The van der Waals surface area contributed by atoms with E-state index in [2.05, 4.69) is 5.32 Å². The van der Waals surface area contributed by atoms with Crippen LogP contribution in [0.4, 0.5) is 0 Å². The first-order valence-electron chi connectivity index (χ1n) is 8.85. The van der Waals surface area contributed by atoms with Crippen LogP contribution in [0.3, 0.4) is 0 Å². The van der Waals surface area contributed by atoms with E-state index in [1.807, 2.05) is 44.2 Å². The van der Waals surface area contributed by atoms with Crippen molar-refractivity contribution in [1.29, 1.82) is 0 Å². The summed E-state index contributed by atoms with van der Waals surface area (Å²) in [5.74, 6) is -0.354. The normalized spacial score (nSPS) is 16.3. The molecule has 1 aliphatic carbocycles. The minimum atomic E-state index is -0.864. The molecule has 5 nitrogen and oxygen atoms in total. The van der Waals surface area contributed by atoms with Crippen molar-refractivity contribution in [1.82, 2.24) is 10.2 Å². The molecular formula is C19H28N2O3. The molecule has 2 amide bonds. The van der Waals surface area contributed by atoms with Crippen LogP contribution in [-0.2, 0) is 15.0 Å². The molecule has 1 aromatic rings. The Balaban J connectivity index is 2.07. The van der Waals surface area contributed by atoms with Gasteiger partial charge in [0.05, 0.1) is 12.0 Å². The Morgan fingerprint density at radius 2 is 1.75 bits per heavy atom. The van der Waals surface area contributed by atoms with Crippen molar-refractivity contribution in [2.45, 2.75) is 51.0 Å². The second-order valence-electron chi connectivity index (χ2n) is 6.48. The molecular weight excluding hydrogens is 304 g/mol. The lowest BCUT2D eigenvalue weighted by molar-refractivity contribution is -0.138. The van der Waals surface area contributed by atoms with E-state index >= 15 is 0 Å². The molecule has 1 saturated carbocycles. The Bertz CT molecular complexity index is 549. The zero-order chi connectivity index (χ0) is 17.6. The number of nitrogens with zero attached hydrogens (tertiary/aromatic N) is 1. The monoisotopic (exact) mass is 332 g/mol. The van der Waals surface area contributed by atoms with Gasteiger partial charge < -0.3 is 15.3 Å². The predicted octanol–water partition coefficient (Wildman–Crippen LogP) is 1.84. The molecule has 0 aromatic heterocycles. The lowest BCUT2D eigenvalue weighted by Gasteiger charge is -2.27. The largest absolute Gasteiger partial charge is 0.394 e. The molecule has 1 aromatic carbocycles. The van der Waals surface area contributed by atoms with Crippen LogP contribution < -0.4 is 5.32 Å². The molecule has 132 valence electrons. The molecule has 0 spiro atoms. The van der Waals surface area contributed by atoms with Gasteiger partial charge in [-0.05, 0) is 31.2 Å². The molecule has 0 aliphatic heterocycles. The molecule has 1 atom stereocenters. The van der Waals surface area contributed by atoms with Gasteiger partial charge in [0.25, 0.3) is 0 Å². The van der Waals surface area contributed by atoms with Crippen LogP contribution in [0.25, 0.3) is 0 Å². The third kappa shape index (κ3) is 3.96. The minimum absolute atomic E-state index is 0.158. The third-order valence-electron chi connectivity index (χ3n) is 4.60. The number of hydrogen-bond acceptors (Lipinski definition) is 3. The number of aliphatic hydroxyl groups is 1. The number of aliphatic hydroxyl groups excluding tert-OH is 1. The van der Waals surface area contributed by atoms with Crippen LogP contribution in [0.15, 0.2) is 30.3 Å². The SMILES string of the molecule is CCCN(CCC)C(=O)[C@H](CO)NC(=O)C1(c2ccccc2)CC1. The smallest absolute Gasteiger partial charge is 0.247 e. The fourth-order valence-electron chi connectivity index (χ4n) is 3.10. The van der Waals surface area contributed by atoms with E-state index in [4.69, 9.17) is 0 Å². The first-order valence-corrected chi connectivity index (χ1v) is 8.85. The first-order chi connectivity index (χ1) is 11.6. The topological polar surface area (TPSA) is 69.6 Å². The molecule has 0 bridgehead atoms. The number of carbonyl (C=O) groups is 2. The van der Waals surface area contributed by atoms with E-state index in [0.717, 1.165) is 31.2 Å². The zero-order valence-corrected chi connectivity index (χ0v) is 14.6. The molecule has 2 N–H and O–H groups in total. The van der Waals surface area contributed by atoms with Crippen molar-refractivity contribution in [2.24, 2.45) is 0 Å². The highest BCUT2D eigenvalue weighted by molar-refractivity contribution is 5.95. The highest BCUT2D eigenvalue weighted by atomic mass is 16.3. The number of nitrogens with one attached hydrogen (secondary N) is 1. The van der Waals surface area contributed by atoms with Crippen molar-refractivity contribution < 1.29 is 14.7 Å². The Morgan fingerprint density at radius 3 is 2.21 bits per heavy atom. The molecule has 2 rings (SSSR count). The van der Waals surface area contributed by atoms with Crippen molar-refractivity contribution in [3.63, 3.8) is 0 Å². The summed E-state index contributed by atoms with van der Waals surface area (Å²) in [7, 11) is 0. The molecule has 24 heavy (non-hydrogen) atoms. The molecule has 5 heteroatoms. The van der Waals surface area contributed by atoms with Gasteiger partial charge in [-0.25, -0.2) is 0 Å². The number of hydrogen-bond donors (Lipinski definition) is 2. The molecule has 1 aliphatic rings. The average Bonchev–Trinajstić information content (AvgIpc) is 3.41. The van der Waals surface area contributed by atoms with Crippen molar-refractivity contribution in [3.8, 4) is 0 Å². The van der Waals surface area contributed by atoms with Crippen LogP contribution in [0, 0.1) is 0 Å². The zero-order valence-electron chi connectivity index (χ0n) is 14.6. The fraction of sp³-hybridized carbons (Fsp3) is 0.579. The van der Waals surface area contributed by atoms with Gasteiger partial charge in [-0.1, -0.05) is 44.2 Å². The Kier molecular flexibility index (Phi) is 6.37. The van der Waals surface area contributed by atoms with Gasteiger partial charge in [0.2, 0.25) is 11.8 Å². The number of rotatable bonds is 9. The van der Waals surface area contributed by atoms with Gasteiger partial charge in [0.1, 0.15) is 6.04 Å². The first kappa shape index (κ1) is 18.5. The molecule has 0 saturated heterocycles. The van der Waals surface area contributed by atoms with E-state index in [9.17, 15) is 14.7 Å². The summed E-state index contributed by atoms with van der Waals surface area (Å²) in [5, 5.41) is 12.4. The second-order valence-corrected chi connectivity index (χ2v) is 6.48.